The third-order valence-electron chi connectivity index (χ3n) is 2.87. The lowest BCUT2D eigenvalue weighted by Gasteiger charge is -1.96. The highest BCUT2D eigenvalue weighted by Gasteiger charge is 2.18. The van der Waals surface area contributed by atoms with Crippen LogP contribution in [0, 0.1) is 0 Å². The molecule has 0 spiro atoms. The molecule has 96 valence electrons. The topological polar surface area (TPSA) is 32.9 Å². The summed E-state index contributed by atoms with van der Waals surface area (Å²) in [5.41, 5.74) is 2.91. The van der Waals surface area contributed by atoms with E-state index in [1.165, 1.54) is 11.3 Å². The molecule has 2 heterocycles. The highest BCUT2D eigenvalue weighted by Crippen LogP contribution is 2.41. The van der Waals surface area contributed by atoms with Crippen molar-refractivity contribution in [1.82, 2.24) is 4.98 Å². The number of carbonyl (C=O) groups is 1. The first-order valence-electron chi connectivity index (χ1n) is 5.32. The zero-order chi connectivity index (χ0) is 13.6. The van der Waals surface area contributed by atoms with Gasteiger partial charge in [0.15, 0.2) is 6.29 Å². The Kier molecular flexibility index (Phi) is 3.43. The van der Waals surface area contributed by atoms with E-state index < -0.39 is 0 Å². The van der Waals surface area contributed by atoms with Crippen molar-refractivity contribution in [2.45, 2.75) is 0 Å². The Balaban J connectivity index is 2.38. The van der Waals surface area contributed by atoms with Crippen molar-refractivity contribution in [3.63, 3.8) is 0 Å². The number of aromatic nitrogens is 1. The van der Waals surface area contributed by atoms with Crippen LogP contribution in [0.5, 0.6) is 0 Å². The lowest BCUT2D eigenvalue weighted by molar-refractivity contribution is 0.112. The van der Waals surface area contributed by atoms with Crippen LogP contribution >= 0.6 is 50.5 Å². The van der Waals surface area contributed by atoms with Crippen LogP contribution in [0.25, 0.3) is 22.2 Å². The summed E-state index contributed by atoms with van der Waals surface area (Å²) in [6.07, 6.45) is 0.836. The summed E-state index contributed by atoms with van der Waals surface area (Å²) in [6, 6.07) is 7.46. The van der Waals surface area contributed by atoms with E-state index in [1.54, 1.807) is 6.07 Å². The van der Waals surface area contributed by atoms with Gasteiger partial charge in [-0.3, -0.25) is 4.79 Å². The Morgan fingerprint density at radius 3 is 2.74 bits per heavy atom. The minimum atomic E-state index is 0.566. The standard InChI is InChI=1S/C13H6BrCl2NOS/c14-9-3-1-2-6-8(5-18)11(17-12(6)9)7-4-10(15)19-13(7)16/h1-5,17H. The molecule has 0 bridgehead atoms. The fraction of sp³-hybridized carbons (Fsp3) is 0. The monoisotopic (exact) mass is 373 g/mol. The molecule has 2 nitrogen and oxygen atoms in total. The number of para-hydroxylation sites is 1. The summed E-state index contributed by atoms with van der Waals surface area (Å²) in [4.78, 5) is 14.6. The second-order valence-electron chi connectivity index (χ2n) is 3.93. The van der Waals surface area contributed by atoms with Gasteiger partial charge in [0, 0.05) is 21.0 Å². The molecule has 2 aromatic heterocycles. The summed E-state index contributed by atoms with van der Waals surface area (Å²) >= 11 is 16.9. The maximum atomic E-state index is 11.4. The van der Waals surface area contributed by atoms with Gasteiger partial charge in [-0.2, -0.15) is 0 Å². The van der Waals surface area contributed by atoms with Crippen molar-refractivity contribution in [1.29, 1.82) is 0 Å². The first kappa shape index (κ1) is 13.2. The SMILES string of the molecule is O=Cc1c(-c2cc(Cl)sc2Cl)[nH]c2c(Br)cccc12. The molecule has 1 N–H and O–H groups in total. The highest BCUT2D eigenvalue weighted by atomic mass is 79.9. The molecule has 19 heavy (non-hydrogen) atoms. The van der Waals surface area contributed by atoms with Gasteiger partial charge < -0.3 is 4.98 Å². The second-order valence-corrected chi connectivity index (χ2v) is 7.07. The second kappa shape index (κ2) is 4.94. The number of H-pyrrole nitrogens is 1. The summed E-state index contributed by atoms with van der Waals surface area (Å²) in [7, 11) is 0. The van der Waals surface area contributed by atoms with Gasteiger partial charge in [0.1, 0.15) is 4.34 Å². The van der Waals surface area contributed by atoms with E-state index in [-0.39, 0.29) is 0 Å². The van der Waals surface area contributed by atoms with Crippen molar-refractivity contribution in [2.75, 3.05) is 0 Å². The van der Waals surface area contributed by atoms with Crippen molar-refractivity contribution >= 4 is 67.7 Å². The number of hydrogen-bond acceptors (Lipinski definition) is 2. The molecule has 0 unspecified atom stereocenters. The zero-order valence-electron chi connectivity index (χ0n) is 9.34. The van der Waals surface area contributed by atoms with Crippen LogP contribution in [0.15, 0.2) is 28.7 Å². The van der Waals surface area contributed by atoms with Gasteiger partial charge in [0.2, 0.25) is 0 Å². The number of fused-ring (bicyclic) bond motifs is 1. The molecule has 0 aliphatic heterocycles. The van der Waals surface area contributed by atoms with E-state index in [9.17, 15) is 4.79 Å². The van der Waals surface area contributed by atoms with Crippen LogP contribution < -0.4 is 0 Å². The van der Waals surface area contributed by atoms with Crippen LogP contribution in [0.1, 0.15) is 10.4 Å². The smallest absolute Gasteiger partial charge is 0.152 e. The van der Waals surface area contributed by atoms with Gasteiger partial charge in [0.25, 0.3) is 0 Å². The Hall–Kier alpha value is -0.810. The van der Waals surface area contributed by atoms with Crippen molar-refractivity contribution < 1.29 is 4.79 Å². The summed E-state index contributed by atoms with van der Waals surface area (Å²) in [5.74, 6) is 0. The molecular formula is C13H6BrCl2NOS. The molecule has 0 fully saturated rings. The maximum absolute atomic E-state index is 11.4. The van der Waals surface area contributed by atoms with Crippen molar-refractivity contribution in [3.8, 4) is 11.3 Å². The number of hydrogen-bond donors (Lipinski definition) is 1. The Bertz CT molecular complexity index is 793. The number of halogens is 3. The highest BCUT2D eigenvalue weighted by molar-refractivity contribution is 9.10. The lowest BCUT2D eigenvalue weighted by Crippen LogP contribution is -1.82. The Morgan fingerprint density at radius 2 is 2.11 bits per heavy atom. The van der Waals surface area contributed by atoms with Crippen LogP contribution in [-0.2, 0) is 0 Å². The van der Waals surface area contributed by atoms with Gasteiger partial charge in [0.05, 0.1) is 15.5 Å². The molecule has 0 atom stereocenters. The summed E-state index contributed by atoms with van der Waals surface area (Å²) < 4.78 is 2.06. The predicted octanol–water partition coefficient (Wildman–Crippen LogP) is 5.78. The predicted molar refractivity (Wildman–Crippen MR) is 84.7 cm³/mol. The molecule has 3 aromatic rings. The zero-order valence-corrected chi connectivity index (χ0v) is 13.3. The average molecular weight is 375 g/mol. The molecular weight excluding hydrogens is 369 g/mol. The van der Waals surface area contributed by atoms with Gasteiger partial charge in [-0.25, -0.2) is 0 Å². The maximum Gasteiger partial charge on any atom is 0.152 e. The number of thiophene rings is 1. The largest absolute Gasteiger partial charge is 0.353 e. The van der Waals surface area contributed by atoms with E-state index in [1.807, 2.05) is 18.2 Å². The molecule has 0 saturated carbocycles. The molecule has 0 saturated heterocycles. The third-order valence-corrected chi connectivity index (χ3v) is 5.02. The Morgan fingerprint density at radius 1 is 1.32 bits per heavy atom. The quantitative estimate of drug-likeness (QED) is 0.566. The van der Waals surface area contributed by atoms with E-state index in [0.29, 0.717) is 19.9 Å². The molecule has 0 aliphatic rings. The van der Waals surface area contributed by atoms with E-state index >= 15 is 0 Å². The minimum absolute atomic E-state index is 0.566. The van der Waals surface area contributed by atoms with Crippen LogP contribution in [0.2, 0.25) is 8.67 Å². The molecule has 0 radical (unpaired) electrons. The minimum Gasteiger partial charge on any atom is -0.353 e. The lowest BCUT2D eigenvalue weighted by atomic mass is 10.1. The normalized spacial score (nSPS) is 11.1. The van der Waals surface area contributed by atoms with Crippen LogP contribution in [0.3, 0.4) is 0 Å². The molecule has 6 heteroatoms. The van der Waals surface area contributed by atoms with E-state index in [4.69, 9.17) is 23.2 Å². The van der Waals surface area contributed by atoms with Gasteiger partial charge >= 0.3 is 0 Å². The van der Waals surface area contributed by atoms with E-state index in [0.717, 1.165) is 27.2 Å². The van der Waals surface area contributed by atoms with Crippen LogP contribution in [-0.4, -0.2) is 11.3 Å². The number of carbonyl (C=O) groups excluding carboxylic acids is 1. The number of nitrogens with one attached hydrogen (secondary N) is 1. The van der Waals surface area contributed by atoms with Gasteiger partial charge in [-0.05, 0) is 28.1 Å². The molecule has 0 aliphatic carbocycles. The van der Waals surface area contributed by atoms with Crippen molar-refractivity contribution in [2.24, 2.45) is 0 Å². The van der Waals surface area contributed by atoms with Crippen molar-refractivity contribution in [3.05, 3.63) is 43.0 Å². The summed E-state index contributed by atoms with van der Waals surface area (Å²) in [5, 5.41) is 0.859. The Labute approximate surface area is 131 Å². The fourth-order valence-corrected chi connectivity index (χ4v) is 3.99. The molecule has 0 amide bonds. The first-order chi connectivity index (χ1) is 9.11. The summed E-state index contributed by atoms with van der Waals surface area (Å²) in [6.45, 7) is 0. The number of aldehydes is 1. The molecule has 1 aromatic carbocycles. The fourth-order valence-electron chi connectivity index (χ4n) is 2.05. The van der Waals surface area contributed by atoms with Gasteiger partial charge in [-0.1, -0.05) is 35.3 Å². The number of benzene rings is 1. The molecule has 3 rings (SSSR count). The average Bonchev–Trinajstić information content (AvgIpc) is 2.90. The third kappa shape index (κ3) is 2.13. The van der Waals surface area contributed by atoms with Crippen LogP contribution in [0.4, 0.5) is 0 Å². The first-order valence-corrected chi connectivity index (χ1v) is 7.69. The number of aromatic amines is 1. The van der Waals surface area contributed by atoms with E-state index in [2.05, 4.69) is 20.9 Å². The number of rotatable bonds is 2. The van der Waals surface area contributed by atoms with Gasteiger partial charge in [-0.15, -0.1) is 11.3 Å².